The number of nitrogens with zero attached hydrogens (tertiary/aromatic N) is 3. The Kier molecular flexibility index (Phi) is 5.50. The lowest BCUT2D eigenvalue weighted by molar-refractivity contribution is -0.771. The predicted molar refractivity (Wildman–Crippen MR) is 128 cm³/mol. The lowest BCUT2D eigenvalue weighted by atomic mass is 9.88. The second-order valence-corrected chi connectivity index (χ2v) is 11.3. The fraction of sp³-hybridized carbons (Fsp3) is 0.375. The first-order valence-corrected chi connectivity index (χ1v) is 12.9. The summed E-state index contributed by atoms with van der Waals surface area (Å²) < 4.78 is 23.6. The topological polar surface area (TPSA) is 75.8 Å². The molecule has 8 heteroatoms. The second-order valence-electron chi connectivity index (χ2n) is 9.40. The van der Waals surface area contributed by atoms with Crippen molar-refractivity contribution in [3.05, 3.63) is 81.0 Å². The minimum Gasteiger partial charge on any atom is -0.299 e. The van der Waals surface area contributed by atoms with Gasteiger partial charge < -0.3 is 0 Å². The van der Waals surface area contributed by atoms with Crippen molar-refractivity contribution in [3.63, 3.8) is 0 Å². The van der Waals surface area contributed by atoms with Gasteiger partial charge in [0.15, 0.2) is 6.34 Å². The average molecular weight is 472 g/mol. The van der Waals surface area contributed by atoms with E-state index in [0.717, 1.165) is 23.4 Å². The van der Waals surface area contributed by atoms with Crippen LogP contribution < -0.4 is 5.14 Å². The third kappa shape index (κ3) is 4.28. The summed E-state index contributed by atoms with van der Waals surface area (Å²) in [5, 5.41) is 5.96. The van der Waals surface area contributed by atoms with Crippen molar-refractivity contribution in [1.29, 1.82) is 0 Å². The van der Waals surface area contributed by atoms with Gasteiger partial charge in [0.25, 0.3) is 10.0 Å². The van der Waals surface area contributed by atoms with Crippen molar-refractivity contribution < 1.29 is 12.9 Å². The Morgan fingerprint density at radius 3 is 2.66 bits per heavy atom. The number of halogens is 1. The highest BCUT2D eigenvalue weighted by molar-refractivity contribution is 7.93. The van der Waals surface area contributed by atoms with Crippen LogP contribution in [0.5, 0.6) is 0 Å². The molecule has 3 aliphatic rings. The number of hydrogen-bond donors (Lipinski definition) is 1. The third-order valence-electron chi connectivity index (χ3n) is 6.88. The minimum absolute atomic E-state index is 0.0714. The quantitative estimate of drug-likeness (QED) is 0.656. The zero-order chi connectivity index (χ0) is 22.5. The number of hydrogen-bond acceptors (Lipinski definition) is 4. The van der Waals surface area contributed by atoms with Gasteiger partial charge in [-0.2, -0.15) is 4.99 Å². The van der Waals surface area contributed by atoms with Crippen LogP contribution in [-0.4, -0.2) is 50.3 Å². The van der Waals surface area contributed by atoms with Crippen molar-refractivity contribution in [1.82, 2.24) is 4.90 Å². The first-order chi connectivity index (χ1) is 15.2. The van der Waals surface area contributed by atoms with Crippen LogP contribution in [0.3, 0.4) is 0 Å². The van der Waals surface area contributed by atoms with E-state index >= 15 is 0 Å². The second kappa shape index (κ2) is 8.08. The van der Waals surface area contributed by atoms with Crippen molar-refractivity contribution >= 4 is 28.0 Å². The molecule has 0 radical (unpaired) electrons. The van der Waals surface area contributed by atoms with Crippen LogP contribution in [0, 0.1) is 0 Å². The van der Waals surface area contributed by atoms with Gasteiger partial charge in [-0.05, 0) is 67.2 Å². The molecule has 6 nitrogen and oxygen atoms in total. The maximum atomic E-state index is 11.7. The molecule has 168 valence electrons. The summed E-state index contributed by atoms with van der Waals surface area (Å²) in [5.74, 6) is 0.414. The molecular formula is C24H28ClN4O2S+. The molecule has 0 spiro atoms. The van der Waals surface area contributed by atoms with Gasteiger partial charge in [0, 0.05) is 22.5 Å². The van der Waals surface area contributed by atoms with E-state index in [4.69, 9.17) is 16.7 Å². The van der Waals surface area contributed by atoms with Crippen LogP contribution in [0.2, 0.25) is 5.02 Å². The van der Waals surface area contributed by atoms with Crippen LogP contribution in [0.15, 0.2) is 58.7 Å². The normalized spacial score (nSPS) is 27.3. The average Bonchev–Trinajstić information content (AvgIpc) is 3.22. The zero-order valence-electron chi connectivity index (χ0n) is 18.1. The standard InChI is InChI=1S/C24H28ClN4O2S/c1-29(15-24(27-16-29)32(26,30)31)14-18-6-7-19-13-23(28-8-3-9-28)22(21(19)12-18)11-17-4-2-5-20(25)10-17/h2,4-7,10,12,15-16,22-23H,3,8-9,11,13-14H2,1H3,(H2,26,30,31)/q+1. The van der Waals surface area contributed by atoms with Gasteiger partial charge in [-0.25, -0.2) is 13.6 Å². The molecule has 2 heterocycles. The summed E-state index contributed by atoms with van der Waals surface area (Å²) in [4.78, 5) is 6.65. The number of rotatable bonds is 6. The van der Waals surface area contributed by atoms with Crippen LogP contribution in [0.4, 0.5) is 0 Å². The molecule has 1 aliphatic carbocycles. The monoisotopic (exact) mass is 471 g/mol. The van der Waals surface area contributed by atoms with E-state index in [1.165, 1.54) is 36.2 Å². The Hall–Kier alpha value is -2.03. The zero-order valence-corrected chi connectivity index (χ0v) is 19.7. The molecule has 0 saturated carbocycles. The molecule has 2 aromatic rings. The first kappa shape index (κ1) is 21.8. The van der Waals surface area contributed by atoms with Crippen LogP contribution in [0.1, 0.15) is 34.6 Å². The van der Waals surface area contributed by atoms with E-state index in [-0.39, 0.29) is 9.51 Å². The van der Waals surface area contributed by atoms with Crippen molar-refractivity contribution in [2.45, 2.75) is 37.8 Å². The molecule has 32 heavy (non-hydrogen) atoms. The molecule has 2 N–H and O–H groups in total. The molecule has 5 rings (SSSR count). The summed E-state index contributed by atoms with van der Waals surface area (Å²) in [7, 11) is -1.87. The van der Waals surface area contributed by atoms with Gasteiger partial charge >= 0.3 is 0 Å². The summed E-state index contributed by atoms with van der Waals surface area (Å²) in [6.07, 6.45) is 6.55. The Bertz CT molecular complexity index is 1220. The smallest absolute Gasteiger partial charge is 0.261 e. The fourth-order valence-corrected chi connectivity index (χ4v) is 6.00. The van der Waals surface area contributed by atoms with Crippen LogP contribution in [0.25, 0.3) is 0 Å². The van der Waals surface area contributed by atoms with Gasteiger partial charge in [0.2, 0.25) is 5.03 Å². The molecule has 3 unspecified atom stereocenters. The molecule has 0 aromatic heterocycles. The van der Waals surface area contributed by atoms with Gasteiger partial charge in [-0.1, -0.05) is 35.9 Å². The number of fused-ring (bicyclic) bond motifs is 1. The van der Waals surface area contributed by atoms with Crippen molar-refractivity contribution in [2.75, 3.05) is 20.1 Å². The SMILES string of the molecule is C[N+]1(Cc2ccc3c(c2)C(Cc2cccc(Cl)c2)C(N2CCC2)C3)C=NC(S(N)(=O)=O)=C1. The lowest BCUT2D eigenvalue weighted by Crippen LogP contribution is -2.47. The maximum Gasteiger partial charge on any atom is 0.261 e. The van der Waals surface area contributed by atoms with Gasteiger partial charge in [-0.15, -0.1) is 0 Å². The van der Waals surface area contributed by atoms with E-state index in [1.807, 2.05) is 19.2 Å². The summed E-state index contributed by atoms with van der Waals surface area (Å²) in [6.45, 7) is 2.96. The molecule has 2 aliphatic heterocycles. The Morgan fingerprint density at radius 2 is 2.00 bits per heavy atom. The largest absolute Gasteiger partial charge is 0.299 e. The summed E-state index contributed by atoms with van der Waals surface area (Å²) >= 11 is 6.27. The number of benzene rings is 2. The van der Waals surface area contributed by atoms with E-state index in [2.05, 4.69) is 40.2 Å². The molecule has 0 amide bonds. The Labute approximate surface area is 194 Å². The maximum absolute atomic E-state index is 11.7. The van der Waals surface area contributed by atoms with E-state index in [1.54, 1.807) is 12.5 Å². The Balaban J connectivity index is 1.44. The number of quaternary nitrogens is 1. The highest BCUT2D eigenvalue weighted by atomic mass is 35.5. The van der Waals surface area contributed by atoms with Crippen LogP contribution >= 0.6 is 11.6 Å². The molecule has 3 atom stereocenters. The van der Waals surface area contributed by atoms with Gasteiger partial charge in [0.1, 0.15) is 12.7 Å². The summed E-state index contributed by atoms with van der Waals surface area (Å²) in [6, 6.07) is 15.4. The number of sulfonamides is 1. The highest BCUT2D eigenvalue weighted by Gasteiger charge is 2.39. The number of primary sulfonamides is 1. The van der Waals surface area contributed by atoms with Crippen molar-refractivity contribution in [3.8, 4) is 0 Å². The lowest BCUT2D eigenvalue weighted by Gasteiger charge is -2.39. The number of likely N-dealkylation sites (tertiary alicyclic amines) is 1. The summed E-state index contributed by atoms with van der Waals surface area (Å²) in [5.41, 5.74) is 5.23. The van der Waals surface area contributed by atoms with Gasteiger partial charge in [0.05, 0.1) is 7.05 Å². The molecular weight excluding hydrogens is 444 g/mol. The Morgan fingerprint density at radius 1 is 1.19 bits per heavy atom. The van der Waals surface area contributed by atoms with Gasteiger partial charge in [-0.3, -0.25) is 9.38 Å². The minimum atomic E-state index is -3.80. The van der Waals surface area contributed by atoms with Crippen molar-refractivity contribution in [2.24, 2.45) is 10.1 Å². The molecule has 1 fully saturated rings. The van der Waals surface area contributed by atoms with E-state index < -0.39 is 10.0 Å². The highest BCUT2D eigenvalue weighted by Crippen LogP contribution is 2.41. The molecule has 2 aromatic carbocycles. The fourth-order valence-electron chi connectivity index (χ4n) is 5.20. The van der Waals surface area contributed by atoms with E-state index in [9.17, 15) is 8.42 Å². The third-order valence-corrected chi connectivity index (χ3v) is 7.91. The number of aliphatic imine (C=N–C) groups is 1. The predicted octanol–water partition coefficient (Wildman–Crippen LogP) is 3.37. The first-order valence-electron chi connectivity index (χ1n) is 11.0. The van der Waals surface area contributed by atoms with Crippen LogP contribution in [-0.2, 0) is 29.4 Å². The number of nitrogens with two attached hydrogens (primary N) is 1. The molecule has 1 saturated heterocycles. The molecule has 0 bridgehead atoms. The van der Waals surface area contributed by atoms with E-state index in [0.29, 0.717) is 18.5 Å².